The van der Waals surface area contributed by atoms with Gasteiger partial charge < -0.3 is 4.57 Å². The summed E-state index contributed by atoms with van der Waals surface area (Å²) < 4.78 is 1.68. The Balaban J connectivity index is 1.60. The molecule has 0 bridgehead atoms. The van der Waals surface area contributed by atoms with Gasteiger partial charge in [-0.1, -0.05) is 12.1 Å². The summed E-state index contributed by atoms with van der Waals surface area (Å²) in [5.74, 6) is -0.576. The standard InChI is InChI=1S/C16H11N5O2/c22-15-12-3-1-2-4-13(12)16(23)21(15)10-20-7-14(19-9-20)11-5-17-8-18-6-11/h1-9H,10H2. The summed E-state index contributed by atoms with van der Waals surface area (Å²) in [5.41, 5.74) is 2.33. The second-order valence-corrected chi connectivity index (χ2v) is 5.13. The van der Waals surface area contributed by atoms with Crippen LogP contribution in [-0.2, 0) is 6.67 Å². The molecule has 3 aromatic rings. The second-order valence-electron chi connectivity index (χ2n) is 5.13. The van der Waals surface area contributed by atoms with Crippen molar-refractivity contribution in [2.45, 2.75) is 6.67 Å². The molecule has 0 saturated heterocycles. The molecule has 0 aliphatic carbocycles. The first kappa shape index (κ1) is 13.3. The fraction of sp³-hybridized carbons (Fsp3) is 0.0625. The summed E-state index contributed by atoms with van der Waals surface area (Å²) >= 11 is 0. The highest BCUT2D eigenvalue weighted by Gasteiger charge is 2.35. The largest absolute Gasteiger partial charge is 0.318 e. The first-order chi connectivity index (χ1) is 11.2. The van der Waals surface area contributed by atoms with Gasteiger partial charge in [-0.15, -0.1) is 0 Å². The lowest BCUT2D eigenvalue weighted by Gasteiger charge is -2.13. The van der Waals surface area contributed by atoms with Gasteiger partial charge in [-0.25, -0.2) is 15.0 Å². The van der Waals surface area contributed by atoms with Crippen molar-refractivity contribution in [1.82, 2.24) is 24.4 Å². The molecule has 1 aliphatic heterocycles. The summed E-state index contributed by atoms with van der Waals surface area (Å²) in [4.78, 5) is 38.0. The summed E-state index contributed by atoms with van der Waals surface area (Å²) in [5, 5.41) is 0. The molecule has 1 aromatic carbocycles. The monoisotopic (exact) mass is 305 g/mol. The van der Waals surface area contributed by atoms with Crippen molar-refractivity contribution < 1.29 is 9.59 Å². The lowest BCUT2D eigenvalue weighted by Crippen LogP contribution is -2.31. The van der Waals surface area contributed by atoms with Crippen LogP contribution < -0.4 is 0 Å². The molecule has 7 heteroatoms. The molecule has 2 aromatic heterocycles. The second kappa shape index (κ2) is 5.13. The van der Waals surface area contributed by atoms with Crippen molar-refractivity contribution in [3.05, 3.63) is 66.6 Å². The highest BCUT2D eigenvalue weighted by molar-refractivity contribution is 6.21. The highest BCUT2D eigenvalue weighted by atomic mass is 16.2. The van der Waals surface area contributed by atoms with Gasteiger partial charge in [0.1, 0.15) is 13.0 Å². The zero-order chi connectivity index (χ0) is 15.8. The number of benzene rings is 1. The number of hydrogen-bond acceptors (Lipinski definition) is 5. The molecule has 7 nitrogen and oxygen atoms in total. The van der Waals surface area contributed by atoms with Crippen LogP contribution in [0, 0.1) is 0 Å². The van der Waals surface area contributed by atoms with Gasteiger partial charge in [-0.2, -0.15) is 0 Å². The van der Waals surface area contributed by atoms with E-state index in [4.69, 9.17) is 0 Å². The summed E-state index contributed by atoms with van der Waals surface area (Å²) in [6, 6.07) is 6.82. The number of hydrogen-bond donors (Lipinski definition) is 0. The van der Waals surface area contributed by atoms with E-state index in [1.54, 1.807) is 53.8 Å². The Morgan fingerprint density at radius 1 is 0.957 bits per heavy atom. The minimum atomic E-state index is -0.288. The van der Waals surface area contributed by atoms with Crippen LogP contribution in [0.5, 0.6) is 0 Å². The van der Waals surface area contributed by atoms with Gasteiger partial charge in [-0.05, 0) is 12.1 Å². The third kappa shape index (κ3) is 2.18. The first-order valence-electron chi connectivity index (χ1n) is 6.96. The molecule has 0 N–H and O–H groups in total. The number of imide groups is 1. The molecule has 3 heterocycles. The van der Waals surface area contributed by atoms with Crippen LogP contribution in [0.2, 0.25) is 0 Å². The molecule has 0 spiro atoms. The maximum Gasteiger partial charge on any atom is 0.263 e. The average molecular weight is 305 g/mol. The number of rotatable bonds is 3. The van der Waals surface area contributed by atoms with E-state index in [1.807, 2.05) is 0 Å². The molecule has 0 saturated carbocycles. The maximum atomic E-state index is 12.3. The predicted octanol–water partition coefficient (Wildman–Crippen LogP) is 1.59. The van der Waals surface area contributed by atoms with Crippen LogP contribution in [0.15, 0.2) is 55.5 Å². The van der Waals surface area contributed by atoms with Crippen molar-refractivity contribution in [2.75, 3.05) is 0 Å². The molecular formula is C16H11N5O2. The van der Waals surface area contributed by atoms with Gasteiger partial charge in [0.25, 0.3) is 11.8 Å². The van der Waals surface area contributed by atoms with Crippen molar-refractivity contribution in [1.29, 1.82) is 0 Å². The summed E-state index contributed by atoms with van der Waals surface area (Å²) in [7, 11) is 0. The van der Waals surface area contributed by atoms with Crippen LogP contribution in [0.4, 0.5) is 0 Å². The zero-order valence-electron chi connectivity index (χ0n) is 12.0. The number of imidazole rings is 1. The Labute approximate surface area is 131 Å². The first-order valence-corrected chi connectivity index (χ1v) is 6.96. The Morgan fingerprint density at radius 2 is 1.61 bits per heavy atom. The van der Waals surface area contributed by atoms with E-state index in [1.165, 1.54) is 11.2 Å². The molecule has 0 atom stereocenters. The molecule has 23 heavy (non-hydrogen) atoms. The van der Waals surface area contributed by atoms with Gasteiger partial charge in [0.2, 0.25) is 0 Å². The van der Waals surface area contributed by atoms with E-state index >= 15 is 0 Å². The number of aromatic nitrogens is 4. The number of carbonyl (C=O) groups excluding carboxylic acids is 2. The van der Waals surface area contributed by atoms with Crippen molar-refractivity contribution in [3.8, 4) is 11.3 Å². The third-order valence-electron chi connectivity index (χ3n) is 3.67. The van der Waals surface area contributed by atoms with Gasteiger partial charge in [-0.3, -0.25) is 14.5 Å². The zero-order valence-corrected chi connectivity index (χ0v) is 12.0. The molecule has 0 fully saturated rings. The normalized spacial score (nSPS) is 13.5. The maximum absolute atomic E-state index is 12.3. The molecule has 112 valence electrons. The van der Waals surface area contributed by atoms with E-state index in [9.17, 15) is 9.59 Å². The van der Waals surface area contributed by atoms with Crippen LogP contribution in [-0.4, -0.2) is 36.2 Å². The molecule has 0 unspecified atom stereocenters. The Bertz CT molecular complexity index is 869. The van der Waals surface area contributed by atoms with Crippen LogP contribution >= 0.6 is 0 Å². The van der Waals surface area contributed by atoms with Crippen molar-refractivity contribution >= 4 is 11.8 Å². The van der Waals surface area contributed by atoms with Gasteiger partial charge in [0.05, 0.1) is 23.1 Å². The van der Waals surface area contributed by atoms with Gasteiger partial charge >= 0.3 is 0 Å². The lowest BCUT2D eigenvalue weighted by atomic mass is 10.1. The van der Waals surface area contributed by atoms with E-state index in [0.29, 0.717) is 16.8 Å². The molecule has 1 aliphatic rings. The van der Waals surface area contributed by atoms with E-state index < -0.39 is 0 Å². The minimum Gasteiger partial charge on any atom is -0.318 e. The molecule has 2 amide bonds. The van der Waals surface area contributed by atoms with Crippen molar-refractivity contribution in [3.63, 3.8) is 0 Å². The number of fused-ring (bicyclic) bond motifs is 1. The SMILES string of the molecule is O=C1c2ccccc2C(=O)N1Cn1cnc(-c2cncnc2)c1. The number of nitrogens with zero attached hydrogens (tertiary/aromatic N) is 5. The van der Waals surface area contributed by atoms with E-state index in [-0.39, 0.29) is 18.5 Å². The summed E-state index contributed by atoms with van der Waals surface area (Å²) in [6.07, 6.45) is 8.08. The summed E-state index contributed by atoms with van der Waals surface area (Å²) in [6.45, 7) is 0.118. The Morgan fingerprint density at radius 3 is 2.26 bits per heavy atom. The van der Waals surface area contributed by atoms with E-state index in [0.717, 1.165) is 5.56 Å². The fourth-order valence-corrected chi connectivity index (χ4v) is 2.55. The molecular weight excluding hydrogens is 294 g/mol. The Hall–Kier alpha value is -3.35. The third-order valence-corrected chi connectivity index (χ3v) is 3.67. The van der Waals surface area contributed by atoms with E-state index in [2.05, 4.69) is 15.0 Å². The highest BCUT2D eigenvalue weighted by Crippen LogP contribution is 2.23. The number of carbonyl (C=O) groups is 2. The fourth-order valence-electron chi connectivity index (χ4n) is 2.55. The Kier molecular flexibility index (Phi) is 2.97. The van der Waals surface area contributed by atoms with Crippen LogP contribution in [0.1, 0.15) is 20.7 Å². The smallest absolute Gasteiger partial charge is 0.263 e. The van der Waals surface area contributed by atoms with Crippen molar-refractivity contribution in [2.24, 2.45) is 0 Å². The molecule has 4 rings (SSSR count). The van der Waals surface area contributed by atoms with Crippen LogP contribution in [0.25, 0.3) is 11.3 Å². The lowest BCUT2D eigenvalue weighted by molar-refractivity contribution is 0.0606. The quantitative estimate of drug-likeness (QED) is 0.686. The van der Waals surface area contributed by atoms with Gasteiger partial charge in [0.15, 0.2) is 0 Å². The minimum absolute atomic E-state index is 0.118. The molecule has 0 radical (unpaired) electrons. The average Bonchev–Trinajstić information content (AvgIpc) is 3.16. The van der Waals surface area contributed by atoms with Gasteiger partial charge in [0, 0.05) is 24.2 Å². The predicted molar refractivity (Wildman–Crippen MR) is 80.2 cm³/mol. The van der Waals surface area contributed by atoms with Crippen LogP contribution in [0.3, 0.4) is 0 Å². The number of amides is 2. The topological polar surface area (TPSA) is 81.0 Å².